The van der Waals surface area contributed by atoms with Crippen molar-refractivity contribution in [1.29, 1.82) is 0 Å². The van der Waals surface area contributed by atoms with E-state index in [0.29, 0.717) is 6.26 Å². The van der Waals surface area contributed by atoms with Gasteiger partial charge in [0.1, 0.15) is 0 Å². The zero-order chi connectivity index (χ0) is 11.2. The van der Waals surface area contributed by atoms with Crippen LogP contribution in [0.1, 0.15) is 33.1 Å². The minimum atomic E-state index is -3.92. The molecule has 0 saturated carbocycles. The molecule has 5 heteroatoms. The number of nitrogens with one attached hydrogen (secondary N) is 1. The number of likely N-dealkylation sites (tertiary alicyclic amines) is 1. The fourth-order valence-electron chi connectivity index (χ4n) is 1.78. The third kappa shape index (κ3) is 8.47. The van der Waals surface area contributed by atoms with Crippen molar-refractivity contribution in [2.45, 2.75) is 39.2 Å². The van der Waals surface area contributed by atoms with Gasteiger partial charge in [0, 0.05) is 19.1 Å². The molecule has 0 bridgehead atoms. The first-order valence-electron chi connectivity index (χ1n) is 5.10. The monoisotopic (exact) mass is 223 g/mol. The van der Waals surface area contributed by atoms with Crippen LogP contribution in [0.15, 0.2) is 0 Å². The zero-order valence-electron chi connectivity index (χ0n) is 9.25. The molecule has 14 heavy (non-hydrogen) atoms. The number of hydrogen-bond donors (Lipinski definition) is 1. The summed E-state index contributed by atoms with van der Waals surface area (Å²) in [6.07, 6.45) is 4.86. The topological polar surface area (TPSA) is 61.6 Å². The van der Waals surface area contributed by atoms with E-state index in [4.69, 9.17) is 13.0 Å². The van der Waals surface area contributed by atoms with Crippen LogP contribution in [-0.2, 0) is 10.1 Å². The Hall–Kier alpha value is -0.130. The van der Waals surface area contributed by atoms with Gasteiger partial charge in [-0.1, -0.05) is 6.92 Å². The highest BCUT2D eigenvalue weighted by atomic mass is 32.2. The van der Waals surface area contributed by atoms with E-state index in [-0.39, 0.29) is 0 Å². The summed E-state index contributed by atoms with van der Waals surface area (Å²) in [7, 11) is -3.92. The summed E-state index contributed by atoms with van der Waals surface area (Å²) in [5.74, 6) is 0. The molecule has 1 aliphatic heterocycles. The largest absolute Gasteiger partial charge is 0.748 e. The minimum Gasteiger partial charge on any atom is -0.748 e. The number of quaternary nitrogens is 1. The molecular weight excluding hydrogens is 202 g/mol. The molecule has 0 aromatic rings. The van der Waals surface area contributed by atoms with Gasteiger partial charge >= 0.3 is 0 Å². The maximum absolute atomic E-state index is 9.08. The van der Waals surface area contributed by atoms with Gasteiger partial charge < -0.3 is 9.45 Å². The molecule has 2 unspecified atom stereocenters. The first kappa shape index (κ1) is 13.9. The van der Waals surface area contributed by atoms with Crippen LogP contribution < -0.4 is 4.90 Å². The van der Waals surface area contributed by atoms with Crippen molar-refractivity contribution < 1.29 is 17.9 Å². The van der Waals surface area contributed by atoms with Crippen molar-refractivity contribution >= 4 is 10.1 Å². The summed E-state index contributed by atoms with van der Waals surface area (Å²) in [6.45, 7) is 7.46. The lowest BCUT2D eigenvalue weighted by Gasteiger charge is -2.16. The quantitative estimate of drug-likeness (QED) is 0.649. The first-order valence-corrected chi connectivity index (χ1v) is 6.91. The SMILES string of the molecule is CCC[NH+]1CCCC1C.CS(=O)(=O)[O-]. The molecule has 0 aromatic heterocycles. The van der Waals surface area contributed by atoms with Gasteiger partial charge in [-0.3, -0.25) is 0 Å². The second-order valence-electron chi connectivity index (χ2n) is 3.91. The van der Waals surface area contributed by atoms with Gasteiger partial charge in [-0.25, -0.2) is 8.42 Å². The molecule has 0 radical (unpaired) electrons. The van der Waals surface area contributed by atoms with Gasteiger partial charge in [0.25, 0.3) is 0 Å². The fourth-order valence-corrected chi connectivity index (χ4v) is 1.78. The van der Waals surface area contributed by atoms with Gasteiger partial charge in [-0.05, 0) is 13.3 Å². The molecule has 1 saturated heterocycles. The molecule has 1 fully saturated rings. The van der Waals surface area contributed by atoms with Crippen molar-refractivity contribution in [3.8, 4) is 0 Å². The number of rotatable bonds is 2. The van der Waals surface area contributed by atoms with Crippen molar-refractivity contribution in [2.24, 2.45) is 0 Å². The molecule has 1 heterocycles. The summed E-state index contributed by atoms with van der Waals surface area (Å²) in [5, 5.41) is 0. The average molecular weight is 223 g/mol. The van der Waals surface area contributed by atoms with Crippen LogP contribution in [0.4, 0.5) is 0 Å². The molecule has 2 atom stereocenters. The Balaban J connectivity index is 0.000000292. The first-order chi connectivity index (χ1) is 6.34. The molecule has 0 spiro atoms. The molecule has 0 amide bonds. The second kappa shape index (κ2) is 6.37. The molecule has 4 nitrogen and oxygen atoms in total. The third-order valence-electron chi connectivity index (χ3n) is 2.40. The van der Waals surface area contributed by atoms with Gasteiger partial charge in [0.2, 0.25) is 0 Å². The average Bonchev–Trinajstić information content (AvgIpc) is 2.34. The molecule has 1 N–H and O–H groups in total. The Kier molecular flexibility index (Phi) is 6.31. The maximum atomic E-state index is 9.08. The van der Waals surface area contributed by atoms with Gasteiger partial charge in [-0.15, -0.1) is 0 Å². The van der Waals surface area contributed by atoms with Gasteiger partial charge in [-0.2, -0.15) is 0 Å². The van der Waals surface area contributed by atoms with Crippen LogP contribution in [0.3, 0.4) is 0 Å². The van der Waals surface area contributed by atoms with E-state index in [1.807, 2.05) is 4.90 Å². The maximum Gasteiger partial charge on any atom is 0.0916 e. The van der Waals surface area contributed by atoms with Crippen LogP contribution >= 0.6 is 0 Å². The molecule has 0 aliphatic carbocycles. The Morgan fingerprint density at radius 3 is 2.29 bits per heavy atom. The molecule has 1 aliphatic rings. The lowest BCUT2D eigenvalue weighted by atomic mass is 10.2. The van der Waals surface area contributed by atoms with E-state index in [9.17, 15) is 0 Å². The predicted molar refractivity (Wildman–Crippen MR) is 55.3 cm³/mol. The lowest BCUT2D eigenvalue weighted by Crippen LogP contribution is -3.13. The summed E-state index contributed by atoms with van der Waals surface area (Å²) in [5.41, 5.74) is 0. The minimum absolute atomic E-state index is 0.604. The third-order valence-corrected chi connectivity index (χ3v) is 2.40. The molecular formula is C9H21NO3S. The Bertz CT molecular complexity index is 230. The van der Waals surface area contributed by atoms with Crippen molar-refractivity contribution in [2.75, 3.05) is 19.3 Å². The normalized spacial score (nSPS) is 26.9. The van der Waals surface area contributed by atoms with E-state index < -0.39 is 10.1 Å². The highest BCUT2D eigenvalue weighted by molar-refractivity contribution is 7.84. The van der Waals surface area contributed by atoms with E-state index in [0.717, 1.165) is 6.04 Å². The van der Waals surface area contributed by atoms with Gasteiger partial charge in [0.15, 0.2) is 0 Å². The zero-order valence-corrected chi connectivity index (χ0v) is 10.1. The fraction of sp³-hybridized carbons (Fsp3) is 1.00. The van der Waals surface area contributed by atoms with E-state index >= 15 is 0 Å². The van der Waals surface area contributed by atoms with Crippen molar-refractivity contribution in [3.05, 3.63) is 0 Å². The van der Waals surface area contributed by atoms with E-state index in [1.165, 1.54) is 32.4 Å². The second-order valence-corrected chi connectivity index (χ2v) is 5.31. The van der Waals surface area contributed by atoms with Crippen molar-refractivity contribution in [1.82, 2.24) is 0 Å². The van der Waals surface area contributed by atoms with Crippen LogP contribution in [0.25, 0.3) is 0 Å². The molecule has 86 valence electrons. The number of hydrogen-bond acceptors (Lipinski definition) is 3. The highest BCUT2D eigenvalue weighted by Gasteiger charge is 2.22. The van der Waals surface area contributed by atoms with Crippen LogP contribution in [-0.4, -0.2) is 38.4 Å². The van der Waals surface area contributed by atoms with Crippen LogP contribution in [0.5, 0.6) is 0 Å². The summed E-state index contributed by atoms with van der Waals surface area (Å²) < 4.78 is 27.2. The molecule has 0 aromatic carbocycles. The van der Waals surface area contributed by atoms with E-state index in [2.05, 4.69) is 13.8 Å². The van der Waals surface area contributed by atoms with Gasteiger partial charge in [0.05, 0.1) is 29.2 Å². The molecule has 1 rings (SSSR count). The Morgan fingerprint density at radius 2 is 2.00 bits per heavy atom. The standard InChI is InChI=1S/C8H17N.CH4O3S/c1-3-6-9-7-4-5-8(9)2;1-5(2,3)4/h8H,3-7H2,1-2H3;1H3,(H,2,3,4). The van der Waals surface area contributed by atoms with Crippen LogP contribution in [0, 0.1) is 0 Å². The summed E-state index contributed by atoms with van der Waals surface area (Å²) in [4.78, 5) is 1.83. The summed E-state index contributed by atoms with van der Waals surface area (Å²) >= 11 is 0. The Morgan fingerprint density at radius 1 is 1.50 bits per heavy atom. The lowest BCUT2D eigenvalue weighted by molar-refractivity contribution is -0.910. The van der Waals surface area contributed by atoms with Crippen LogP contribution in [0.2, 0.25) is 0 Å². The smallest absolute Gasteiger partial charge is 0.0916 e. The van der Waals surface area contributed by atoms with E-state index in [1.54, 1.807) is 0 Å². The summed E-state index contributed by atoms with van der Waals surface area (Å²) in [6, 6.07) is 0.949. The predicted octanol–water partition coefficient (Wildman–Crippen LogP) is -0.375. The highest BCUT2D eigenvalue weighted by Crippen LogP contribution is 1.97. The Labute approximate surface area is 87.0 Å². The van der Waals surface area contributed by atoms with Crippen molar-refractivity contribution in [3.63, 3.8) is 0 Å².